The number of benzene rings is 1. The average molecular weight is 179 g/mol. The van der Waals surface area contributed by atoms with Crippen LogP contribution in [0.5, 0.6) is 0 Å². The Labute approximate surface area is 79.9 Å². The van der Waals surface area contributed by atoms with Crippen molar-refractivity contribution in [3.63, 3.8) is 0 Å². The van der Waals surface area contributed by atoms with E-state index in [1.807, 2.05) is 25.1 Å². The van der Waals surface area contributed by atoms with Gasteiger partial charge < -0.3 is 4.74 Å². The molecular weight excluding hydrogens is 162 g/mol. The van der Waals surface area contributed by atoms with Crippen LogP contribution in [0.4, 0.5) is 0 Å². The van der Waals surface area contributed by atoms with Crippen LogP contribution in [0.25, 0.3) is 0 Å². The molecule has 13 heavy (non-hydrogen) atoms. The summed E-state index contributed by atoms with van der Waals surface area (Å²) in [5.74, 6) is 0. The minimum atomic E-state index is 0.130. The van der Waals surface area contributed by atoms with E-state index >= 15 is 0 Å². The summed E-state index contributed by atoms with van der Waals surface area (Å²) in [6, 6.07) is 10.2. The highest BCUT2D eigenvalue weighted by atomic mass is 16.5. The molecule has 2 nitrogen and oxygen atoms in total. The van der Waals surface area contributed by atoms with Gasteiger partial charge in [-0.2, -0.15) is 0 Å². The van der Waals surface area contributed by atoms with Crippen LogP contribution in [0, 0.1) is 0 Å². The first-order valence-electron chi connectivity index (χ1n) is 4.72. The molecule has 1 rings (SSSR count). The smallest absolute Gasteiger partial charge is 0.105 e. The molecule has 1 unspecified atom stereocenters. The molecular formula is C11H17NO. The van der Waals surface area contributed by atoms with Crippen LogP contribution in [0.1, 0.15) is 19.4 Å². The first-order valence-corrected chi connectivity index (χ1v) is 4.72. The fraction of sp³-hybridized carbons (Fsp3) is 0.455. The molecule has 0 aromatic heterocycles. The van der Waals surface area contributed by atoms with Gasteiger partial charge in [0.1, 0.15) is 6.23 Å². The highest BCUT2D eigenvalue weighted by Crippen LogP contribution is 2.01. The molecule has 0 fully saturated rings. The second kappa shape index (κ2) is 5.73. The second-order valence-corrected chi connectivity index (χ2v) is 3.00. The Morgan fingerprint density at radius 1 is 1.31 bits per heavy atom. The largest absolute Gasteiger partial charge is 0.359 e. The van der Waals surface area contributed by atoms with E-state index in [9.17, 15) is 0 Å². The van der Waals surface area contributed by atoms with Gasteiger partial charge in [-0.25, -0.2) is 0 Å². The molecule has 0 bridgehead atoms. The van der Waals surface area contributed by atoms with Crippen molar-refractivity contribution in [3.8, 4) is 0 Å². The van der Waals surface area contributed by atoms with E-state index in [0.717, 1.165) is 6.54 Å². The van der Waals surface area contributed by atoms with Crippen LogP contribution < -0.4 is 5.32 Å². The molecule has 0 heterocycles. The number of hydrogen-bond donors (Lipinski definition) is 1. The van der Waals surface area contributed by atoms with E-state index in [4.69, 9.17) is 4.74 Å². The molecule has 1 atom stereocenters. The average Bonchev–Trinajstić information content (AvgIpc) is 2.17. The van der Waals surface area contributed by atoms with Gasteiger partial charge >= 0.3 is 0 Å². The first-order chi connectivity index (χ1) is 6.33. The number of hydrogen-bond acceptors (Lipinski definition) is 2. The monoisotopic (exact) mass is 179 g/mol. The molecule has 72 valence electrons. The Morgan fingerprint density at radius 3 is 2.62 bits per heavy atom. The molecule has 0 amide bonds. The fourth-order valence-electron chi connectivity index (χ4n) is 1.14. The summed E-state index contributed by atoms with van der Waals surface area (Å²) in [7, 11) is 0. The van der Waals surface area contributed by atoms with Crippen LogP contribution in [0.2, 0.25) is 0 Å². The van der Waals surface area contributed by atoms with Crippen molar-refractivity contribution in [2.75, 3.05) is 6.54 Å². The lowest BCUT2D eigenvalue weighted by molar-refractivity contribution is 0.0317. The van der Waals surface area contributed by atoms with Crippen molar-refractivity contribution in [2.45, 2.75) is 26.7 Å². The van der Waals surface area contributed by atoms with Crippen molar-refractivity contribution in [1.82, 2.24) is 5.32 Å². The third kappa shape index (κ3) is 4.06. The van der Waals surface area contributed by atoms with Crippen LogP contribution >= 0.6 is 0 Å². The third-order valence-corrected chi connectivity index (χ3v) is 1.83. The van der Waals surface area contributed by atoms with Gasteiger partial charge in [-0.15, -0.1) is 0 Å². The highest BCUT2D eigenvalue weighted by Gasteiger charge is 1.98. The minimum absolute atomic E-state index is 0.130. The van der Waals surface area contributed by atoms with E-state index in [1.54, 1.807) is 0 Å². The lowest BCUT2D eigenvalue weighted by atomic mass is 10.2. The second-order valence-electron chi connectivity index (χ2n) is 3.00. The van der Waals surface area contributed by atoms with Crippen LogP contribution in [0.15, 0.2) is 30.3 Å². The molecule has 0 saturated heterocycles. The number of nitrogens with one attached hydrogen (secondary N) is 1. The Kier molecular flexibility index (Phi) is 4.50. The van der Waals surface area contributed by atoms with Crippen molar-refractivity contribution in [3.05, 3.63) is 35.9 Å². The Balaban J connectivity index is 2.27. The first kappa shape index (κ1) is 10.2. The molecule has 0 aliphatic heterocycles. The zero-order valence-corrected chi connectivity index (χ0v) is 8.29. The van der Waals surface area contributed by atoms with Crippen LogP contribution in [-0.4, -0.2) is 12.8 Å². The fourth-order valence-corrected chi connectivity index (χ4v) is 1.14. The van der Waals surface area contributed by atoms with Crippen LogP contribution in [0.3, 0.4) is 0 Å². The third-order valence-electron chi connectivity index (χ3n) is 1.83. The molecule has 2 heteroatoms. The van der Waals surface area contributed by atoms with Gasteiger partial charge in [0.2, 0.25) is 0 Å². The van der Waals surface area contributed by atoms with Gasteiger partial charge in [-0.1, -0.05) is 37.3 Å². The highest BCUT2D eigenvalue weighted by molar-refractivity contribution is 5.13. The van der Waals surface area contributed by atoms with Gasteiger partial charge in [-0.3, -0.25) is 5.32 Å². The van der Waals surface area contributed by atoms with Crippen molar-refractivity contribution < 1.29 is 4.74 Å². The van der Waals surface area contributed by atoms with Gasteiger partial charge in [0.15, 0.2) is 0 Å². The molecule has 1 aromatic carbocycles. The van der Waals surface area contributed by atoms with Crippen molar-refractivity contribution in [2.24, 2.45) is 0 Å². The Morgan fingerprint density at radius 2 is 2.00 bits per heavy atom. The normalized spacial score (nSPS) is 12.8. The van der Waals surface area contributed by atoms with E-state index in [-0.39, 0.29) is 6.23 Å². The van der Waals surface area contributed by atoms with E-state index < -0.39 is 0 Å². The summed E-state index contributed by atoms with van der Waals surface area (Å²) in [5, 5.41) is 3.19. The number of ether oxygens (including phenoxy) is 1. The summed E-state index contributed by atoms with van der Waals surface area (Å²) in [5.41, 5.74) is 1.22. The predicted octanol–water partition coefficient (Wildman–Crippen LogP) is 2.16. The van der Waals surface area contributed by atoms with Gasteiger partial charge in [-0.05, 0) is 19.0 Å². The molecule has 0 saturated carbocycles. The van der Waals surface area contributed by atoms with E-state index in [2.05, 4.69) is 24.4 Å². The maximum absolute atomic E-state index is 5.56. The lowest BCUT2D eigenvalue weighted by Gasteiger charge is -2.13. The van der Waals surface area contributed by atoms with E-state index in [1.165, 1.54) is 5.56 Å². The maximum atomic E-state index is 5.56. The summed E-state index contributed by atoms with van der Waals surface area (Å²) in [6.45, 7) is 5.71. The topological polar surface area (TPSA) is 21.3 Å². The quantitative estimate of drug-likeness (QED) is 0.699. The summed E-state index contributed by atoms with van der Waals surface area (Å²) in [4.78, 5) is 0. The Hall–Kier alpha value is -0.860. The molecule has 0 aliphatic rings. The zero-order valence-electron chi connectivity index (χ0n) is 8.29. The van der Waals surface area contributed by atoms with E-state index in [0.29, 0.717) is 6.61 Å². The summed E-state index contributed by atoms with van der Waals surface area (Å²) in [6.07, 6.45) is 0.130. The van der Waals surface area contributed by atoms with Gasteiger partial charge in [0, 0.05) is 0 Å². The van der Waals surface area contributed by atoms with Crippen LogP contribution in [-0.2, 0) is 11.3 Å². The van der Waals surface area contributed by atoms with Crippen molar-refractivity contribution in [1.29, 1.82) is 0 Å². The Bertz CT molecular complexity index is 223. The molecule has 1 N–H and O–H groups in total. The zero-order chi connectivity index (χ0) is 9.52. The maximum Gasteiger partial charge on any atom is 0.105 e. The predicted molar refractivity (Wildman–Crippen MR) is 54.4 cm³/mol. The number of rotatable bonds is 5. The van der Waals surface area contributed by atoms with Gasteiger partial charge in [0.25, 0.3) is 0 Å². The molecule has 1 aromatic rings. The molecule has 0 aliphatic carbocycles. The summed E-state index contributed by atoms with van der Waals surface area (Å²) < 4.78 is 5.56. The molecule has 0 spiro atoms. The molecule has 0 radical (unpaired) electrons. The standard InChI is InChI=1S/C11H17NO/c1-3-12-10(2)13-9-11-7-5-4-6-8-11/h4-8,10,12H,3,9H2,1-2H3. The van der Waals surface area contributed by atoms with Crippen molar-refractivity contribution >= 4 is 0 Å². The lowest BCUT2D eigenvalue weighted by Crippen LogP contribution is -2.28. The summed E-state index contributed by atoms with van der Waals surface area (Å²) >= 11 is 0. The minimum Gasteiger partial charge on any atom is -0.359 e. The SMILES string of the molecule is CCNC(C)OCc1ccccc1. The van der Waals surface area contributed by atoms with Gasteiger partial charge in [0.05, 0.1) is 6.61 Å².